The van der Waals surface area contributed by atoms with Gasteiger partial charge in [0.1, 0.15) is 0 Å². The second kappa shape index (κ2) is 7.77. The molecule has 0 aromatic heterocycles. The Morgan fingerprint density at radius 3 is 2.60 bits per heavy atom. The van der Waals surface area contributed by atoms with Gasteiger partial charge in [0, 0.05) is 24.0 Å². The first-order valence-corrected chi connectivity index (χ1v) is 9.67. The Morgan fingerprint density at radius 1 is 1.24 bits per heavy atom. The fourth-order valence-corrected chi connectivity index (χ4v) is 4.74. The number of carbonyl (C=O) groups excluding carboxylic acids is 2. The van der Waals surface area contributed by atoms with Gasteiger partial charge in [0.05, 0.1) is 12.5 Å². The van der Waals surface area contributed by atoms with E-state index >= 15 is 0 Å². The Bertz CT molecular complexity index is 631. The molecule has 25 heavy (non-hydrogen) atoms. The van der Waals surface area contributed by atoms with Gasteiger partial charge in [-0.15, -0.1) is 0 Å². The summed E-state index contributed by atoms with van der Waals surface area (Å²) >= 11 is 5.96. The highest BCUT2D eigenvalue weighted by atomic mass is 35.5. The van der Waals surface area contributed by atoms with E-state index in [1.807, 2.05) is 12.1 Å². The minimum atomic E-state index is -0.308. The van der Waals surface area contributed by atoms with Gasteiger partial charge in [-0.3, -0.25) is 9.59 Å². The van der Waals surface area contributed by atoms with Crippen molar-refractivity contribution in [2.45, 2.75) is 70.5 Å². The van der Waals surface area contributed by atoms with Crippen LogP contribution in [0.1, 0.15) is 64.0 Å². The number of hydrogen-bond donors (Lipinski definition) is 1. The van der Waals surface area contributed by atoms with Crippen LogP contribution >= 0.6 is 11.6 Å². The molecule has 3 rings (SSSR count). The highest BCUT2D eigenvalue weighted by molar-refractivity contribution is 6.30. The molecule has 1 saturated carbocycles. The number of hydrogen-bond acceptors (Lipinski definition) is 2. The van der Waals surface area contributed by atoms with Crippen molar-refractivity contribution in [3.05, 3.63) is 34.9 Å². The molecule has 2 fully saturated rings. The Labute approximate surface area is 154 Å². The number of nitrogens with one attached hydrogen (secondary N) is 1. The van der Waals surface area contributed by atoms with Gasteiger partial charge in [-0.05, 0) is 49.8 Å². The van der Waals surface area contributed by atoms with Crippen molar-refractivity contribution in [3.8, 4) is 0 Å². The van der Waals surface area contributed by atoms with E-state index in [2.05, 4.69) is 17.1 Å². The van der Waals surface area contributed by atoms with Gasteiger partial charge in [0.15, 0.2) is 0 Å². The molecule has 4 unspecified atom stereocenters. The SMILES string of the molecule is CC(=O)NC(CC(=O)N1C(C)CC2CCCCC21)c1ccc(Cl)cc1. The van der Waals surface area contributed by atoms with E-state index < -0.39 is 0 Å². The maximum atomic E-state index is 13.1. The third kappa shape index (κ3) is 4.17. The van der Waals surface area contributed by atoms with Gasteiger partial charge in [-0.2, -0.15) is 0 Å². The zero-order valence-electron chi connectivity index (χ0n) is 15.0. The quantitative estimate of drug-likeness (QED) is 0.877. The number of likely N-dealkylation sites (tertiary alicyclic amines) is 1. The number of amides is 2. The van der Waals surface area contributed by atoms with Crippen LogP contribution in [0.3, 0.4) is 0 Å². The molecule has 4 atom stereocenters. The first kappa shape index (κ1) is 18.2. The molecule has 0 spiro atoms. The second-order valence-electron chi connectivity index (χ2n) is 7.51. The average Bonchev–Trinajstić information content (AvgIpc) is 2.90. The van der Waals surface area contributed by atoms with Crippen molar-refractivity contribution in [3.63, 3.8) is 0 Å². The highest BCUT2D eigenvalue weighted by Crippen LogP contribution is 2.40. The number of halogens is 1. The summed E-state index contributed by atoms with van der Waals surface area (Å²) in [5.74, 6) is 0.677. The predicted molar refractivity (Wildman–Crippen MR) is 99.3 cm³/mol. The number of rotatable bonds is 4. The Morgan fingerprint density at radius 2 is 1.92 bits per heavy atom. The van der Waals surface area contributed by atoms with Crippen molar-refractivity contribution in [2.75, 3.05) is 0 Å². The van der Waals surface area contributed by atoms with Gasteiger partial charge in [-0.1, -0.05) is 36.6 Å². The Balaban J connectivity index is 1.75. The van der Waals surface area contributed by atoms with Crippen LogP contribution in [0.5, 0.6) is 0 Å². The van der Waals surface area contributed by atoms with Gasteiger partial charge < -0.3 is 10.2 Å². The van der Waals surface area contributed by atoms with Crippen molar-refractivity contribution in [2.24, 2.45) is 5.92 Å². The largest absolute Gasteiger partial charge is 0.349 e. The minimum Gasteiger partial charge on any atom is -0.349 e. The number of carbonyl (C=O) groups is 2. The average molecular weight is 363 g/mol. The predicted octanol–water partition coefficient (Wildman–Crippen LogP) is 4.09. The fourth-order valence-electron chi connectivity index (χ4n) is 4.61. The standard InChI is InChI=1S/C20H27ClN2O2/c1-13-11-16-5-3-4-6-19(16)23(13)20(25)12-18(22-14(2)24)15-7-9-17(21)10-8-15/h7-10,13,16,18-19H,3-6,11-12H2,1-2H3,(H,22,24). The zero-order chi connectivity index (χ0) is 18.0. The van der Waals surface area contributed by atoms with Crippen LogP contribution in [0.4, 0.5) is 0 Å². The maximum absolute atomic E-state index is 13.1. The summed E-state index contributed by atoms with van der Waals surface area (Å²) in [6, 6.07) is 7.73. The van der Waals surface area contributed by atoms with E-state index in [1.54, 1.807) is 12.1 Å². The Hall–Kier alpha value is -1.55. The summed E-state index contributed by atoms with van der Waals surface area (Å²) in [5, 5.41) is 3.58. The molecule has 1 aliphatic carbocycles. The van der Waals surface area contributed by atoms with E-state index in [0.29, 0.717) is 29.4 Å². The summed E-state index contributed by atoms with van der Waals surface area (Å²) in [4.78, 5) is 26.8. The van der Waals surface area contributed by atoms with E-state index in [1.165, 1.54) is 26.2 Å². The van der Waals surface area contributed by atoms with E-state index in [0.717, 1.165) is 18.4 Å². The van der Waals surface area contributed by atoms with Crippen LogP contribution in [0.2, 0.25) is 5.02 Å². The van der Waals surface area contributed by atoms with Crippen LogP contribution in [0.25, 0.3) is 0 Å². The van der Waals surface area contributed by atoms with Crippen LogP contribution < -0.4 is 5.32 Å². The summed E-state index contributed by atoms with van der Waals surface area (Å²) in [5.41, 5.74) is 0.917. The molecule has 0 radical (unpaired) electrons. The third-order valence-electron chi connectivity index (χ3n) is 5.66. The molecule has 4 nitrogen and oxygen atoms in total. The van der Waals surface area contributed by atoms with Crippen LogP contribution in [-0.4, -0.2) is 28.8 Å². The molecule has 2 aliphatic rings. The molecule has 1 saturated heterocycles. The topological polar surface area (TPSA) is 49.4 Å². The molecule has 1 aromatic rings. The summed E-state index contributed by atoms with van der Waals surface area (Å²) in [7, 11) is 0. The van der Waals surface area contributed by atoms with Gasteiger partial charge in [0.25, 0.3) is 0 Å². The first-order chi connectivity index (χ1) is 12.0. The molecule has 0 bridgehead atoms. The van der Waals surface area contributed by atoms with Crippen molar-refractivity contribution >= 4 is 23.4 Å². The lowest BCUT2D eigenvalue weighted by Gasteiger charge is -2.34. The van der Waals surface area contributed by atoms with E-state index in [9.17, 15) is 9.59 Å². The monoisotopic (exact) mass is 362 g/mol. The highest BCUT2D eigenvalue weighted by Gasteiger charge is 2.42. The van der Waals surface area contributed by atoms with E-state index in [-0.39, 0.29) is 17.9 Å². The van der Waals surface area contributed by atoms with Crippen LogP contribution in [0.15, 0.2) is 24.3 Å². The molecule has 5 heteroatoms. The van der Waals surface area contributed by atoms with Gasteiger partial charge in [-0.25, -0.2) is 0 Å². The lowest BCUT2D eigenvalue weighted by atomic mass is 9.85. The molecular weight excluding hydrogens is 336 g/mol. The first-order valence-electron chi connectivity index (χ1n) is 9.29. The third-order valence-corrected chi connectivity index (χ3v) is 5.91. The van der Waals surface area contributed by atoms with Gasteiger partial charge >= 0.3 is 0 Å². The van der Waals surface area contributed by atoms with Crippen molar-refractivity contribution < 1.29 is 9.59 Å². The molecule has 1 heterocycles. The Kier molecular flexibility index (Phi) is 5.67. The normalized spacial score (nSPS) is 26.8. The molecule has 1 N–H and O–H groups in total. The maximum Gasteiger partial charge on any atom is 0.225 e. The molecular formula is C20H27ClN2O2. The molecule has 2 amide bonds. The van der Waals surface area contributed by atoms with Crippen LogP contribution in [-0.2, 0) is 9.59 Å². The van der Waals surface area contributed by atoms with E-state index in [4.69, 9.17) is 11.6 Å². The molecule has 136 valence electrons. The number of nitrogens with zero attached hydrogens (tertiary/aromatic N) is 1. The lowest BCUT2D eigenvalue weighted by Crippen LogP contribution is -2.44. The van der Waals surface area contributed by atoms with Gasteiger partial charge in [0.2, 0.25) is 11.8 Å². The minimum absolute atomic E-state index is 0.127. The van der Waals surface area contributed by atoms with Crippen molar-refractivity contribution in [1.29, 1.82) is 0 Å². The van der Waals surface area contributed by atoms with Crippen molar-refractivity contribution in [1.82, 2.24) is 10.2 Å². The number of benzene rings is 1. The smallest absolute Gasteiger partial charge is 0.225 e. The molecule has 1 aliphatic heterocycles. The second-order valence-corrected chi connectivity index (χ2v) is 7.94. The number of fused-ring (bicyclic) bond motifs is 1. The van der Waals surface area contributed by atoms with Crippen LogP contribution in [0, 0.1) is 5.92 Å². The summed E-state index contributed by atoms with van der Waals surface area (Å²) in [6.07, 6.45) is 6.27. The molecule has 1 aromatic carbocycles. The fraction of sp³-hybridized carbons (Fsp3) is 0.600. The lowest BCUT2D eigenvalue weighted by molar-refractivity contribution is -0.135. The summed E-state index contributed by atoms with van der Waals surface area (Å²) in [6.45, 7) is 3.65. The summed E-state index contributed by atoms with van der Waals surface area (Å²) < 4.78 is 0. The zero-order valence-corrected chi connectivity index (χ0v) is 15.8.